The fourth-order valence-corrected chi connectivity index (χ4v) is 2.32. The van der Waals surface area contributed by atoms with Crippen molar-refractivity contribution < 1.29 is 9.53 Å². The first kappa shape index (κ1) is 16.6. The van der Waals surface area contributed by atoms with E-state index in [9.17, 15) is 4.79 Å². The molecule has 1 atom stereocenters. The Morgan fingerprint density at radius 2 is 1.77 bits per heavy atom. The van der Waals surface area contributed by atoms with Crippen LogP contribution in [0.3, 0.4) is 0 Å². The van der Waals surface area contributed by atoms with E-state index in [2.05, 4.69) is 28.2 Å². The van der Waals surface area contributed by atoms with E-state index in [1.807, 2.05) is 48.5 Å². The van der Waals surface area contributed by atoms with E-state index in [-0.39, 0.29) is 5.91 Å². The third-order valence-electron chi connectivity index (χ3n) is 3.26. The standard InChI is InChI=1S/C18H20BrNO2/c1-3-4-14-5-11-17(12-6-14)22-13(2)18(21)20-16-9-7-15(19)8-10-16/h5-13H,3-4H2,1-2H3,(H,20,21). The zero-order valence-electron chi connectivity index (χ0n) is 12.8. The van der Waals surface area contributed by atoms with Gasteiger partial charge in [-0.25, -0.2) is 0 Å². The van der Waals surface area contributed by atoms with Gasteiger partial charge in [0.2, 0.25) is 0 Å². The molecule has 1 unspecified atom stereocenters. The van der Waals surface area contributed by atoms with Gasteiger partial charge in [0, 0.05) is 10.2 Å². The molecule has 0 saturated carbocycles. The number of ether oxygens (including phenoxy) is 1. The predicted molar refractivity (Wildman–Crippen MR) is 93.3 cm³/mol. The SMILES string of the molecule is CCCc1ccc(OC(C)C(=O)Nc2ccc(Br)cc2)cc1. The lowest BCUT2D eigenvalue weighted by Gasteiger charge is -2.15. The molecule has 116 valence electrons. The molecule has 3 nitrogen and oxygen atoms in total. The summed E-state index contributed by atoms with van der Waals surface area (Å²) in [5.74, 6) is 0.540. The molecule has 0 radical (unpaired) electrons. The van der Waals surface area contributed by atoms with Gasteiger partial charge < -0.3 is 10.1 Å². The summed E-state index contributed by atoms with van der Waals surface area (Å²) in [5, 5.41) is 2.84. The monoisotopic (exact) mass is 361 g/mol. The van der Waals surface area contributed by atoms with Crippen molar-refractivity contribution >= 4 is 27.5 Å². The molecule has 0 aromatic heterocycles. The molecule has 0 aliphatic heterocycles. The normalized spacial score (nSPS) is 11.8. The number of anilines is 1. The molecule has 2 aromatic carbocycles. The Hall–Kier alpha value is -1.81. The highest BCUT2D eigenvalue weighted by Gasteiger charge is 2.14. The lowest BCUT2D eigenvalue weighted by atomic mass is 10.1. The maximum Gasteiger partial charge on any atom is 0.265 e. The van der Waals surface area contributed by atoms with Crippen molar-refractivity contribution in [3.63, 3.8) is 0 Å². The molecule has 4 heteroatoms. The third kappa shape index (κ3) is 4.88. The summed E-state index contributed by atoms with van der Waals surface area (Å²) >= 11 is 3.36. The van der Waals surface area contributed by atoms with Crippen LogP contribution in [0, 0.1) is 0 Å². The number of benzene rings is 2. The number of hydrogen-bond donors (Lipinski definition) is 1. The van der Waals surface area contributed by atoms with Crippen molar-refractivity contribution in [2.45, 2.75) is 32.8 Å². The zero-order valence-corrected chi connectivity index (χ0v) is 14.4. The minimum atomic E-state index is -0.555. The van der Waals surface area contributed by atoms with E-state index >= 15 is 0 Å². The van der Waals surface area contributed by atoms with Gasteiger partial charge in [-0.05, 0) is 55.3 Å². The average molecular weight is 362 g/mol. The van der Waals surface area contributed by atoms with Crippen molar-refractivity contribution in [2.24, 2.45) is 0 Å². The van der Waals surface area contributed by atoms with E-state index in [1.165, 1.54) is 5.56 Å². The molecule has 0 bridgehead atoms. The molecule has 0 aliphatic rings. The maximum absolute atomic E-state index is 12.1. The Labute approximate surface area is 139 Å². The number of nitrogens with one attached hydrogen (secondary N) is 1. The van der Waals surface area contributed by atoms with Crippen LogP contribution >= 0.6 is 15.9 Å². The number of rotatable bonds is 6. The van der Waals surface area contributed by atoms with Gasteiger partial charge in [0.25, 0.3) is 5.91 Å². The lowest BCUT2D eigenvalue weighted by Crippen LogP contribution is -2.30. The summed E-state index contributed by atoms with van der Waals surface area (Å²) in [7, 11) is 0. The van der Waals surface area contributed by atoms with Gasteiger partial charge >= 0.3 is 0 Å². The van der Waals surface area contributed by atoms with Crippen LogP contribution in [0.25, 0.3) is 0 Å². The molecule has 2 rings (SSSR count). The van der Waals surface area contributed by atoms with Gasteiger partial charge in [0.1, 0.15) is 5.75 Å². The van der Waals surface area contributed by atoms with E-state index in [4.69, 9.17) is 4.74 Å². The van der Waals surface area contributed by atoms with Crippen molar-refractivity contribution in [1.82, 2.24) is 0 Å². The van der Waals surface area contributed by atoms with Gasteiger partial charge in [-0.1, -0.05) is 41.4 Å². The van der Waals surface area contributed by atoms with Crippen LogP contribution in [0.4, 0.5) is 5.69 Å². The second-order valence-corrected chi connectivity index (χ2v) is 6.07. The fourth-order valence-electron chi connectivity index (χ4n) is 2.06. The molecule has 2 aromatic rings. The van der Waals surface area contributed by atoms with Gasteiger partial charge in [-0.3, -0.25) is 4.79 Å². The van der Waals surface area contributed by atoms with E-state index in [0.29, 0.717) is 5.75 Å². The Kier molecular flexibility index (Phi) is 6.01. The molecule has 0 aliphatic carbocycles. The Bertz CT molecular complexity index is 608. The highest BCUT2D eigenvalue weighted by atomic mass is 79.9. The highest BCUT2D eigenvalue weighted by Crippen LogP contribution is 2.17. The van der Waals surface area contributed by atoms with Crippen LogP contribution in [0.2, 0.25) is 0 Å². The smallest absolute Gasteiger partial charge is 0.265 e. The van der Waals surface area contributed by atoms with Crippen LogP contribution in [0.15, 0.2) is 53.0 Å². The first-order valence-electron chi connectivity index (χ1n) is 7.40. The summed E-state index contributed by atoms with van der Waals surface area (Å²) in [5.41, 5.74) is 2.03. The first-order valence-corrected chi connectivity index (χ1v) is 8.20. The van der Waals surface area contributed by atoms with Gasteiger partial charge in [0.15, 0.2) is 6.10 Å². The number of hydrogen-bond acceptors (Lipinski definition) is 2. The van der Waals surface area contributed by atoms with E-state index in [1.54, 1.807) is 6.92 Å². The van der Waals surface area contributed by atoms with Crippen molar-refractivity contribution in [3.05, 3.63) is 58.6 Å². The van der Waals surface area contributed by atoms with Crippen LogP contribution < -0.4 is 10.1 Å². The summed E-state index contributed by atoms with van der Waals surface area (Å²) < 4.78 is 6.66. The maximum atomic E-state index is 12.1. The molecule has 1 amide bonds. The zero-order chi connectivity index (χ0) is 15.9. The van der Waals surface area contributed by atoms with Crippen LogP contribution in [0.5, 0.6) is 5.75 Å². The average Bonchev–Trinajstić information content (AvgIpc) is 2.51. The number of carbonyl (C=O) groups excluding carboxylic acids is 1. The molecule has 0 saturated heterocycles. The second kappa shape index (κ2) is 7.99. The van der Waals surface area contributed by atoms with Crippen molar-refractivity contribution in [3.8, 4) is 5.75 Å². The van der Waals surface area contributed by atoms with Gasteiger partial charge in [-0.15, -0.1) is 0 Å². The molecule has 1 N–H and O–H groups in total. The Balaban J connectivity index is 1.91. The number of halogens is 1. The topological polar surface area (TPSA) is 38.3 Å². The summed E-state index contributed by atoms with van der Waals surface area (Å²) in [6.07, 6.45) is 1.62. The predicted octanol–water partition coefficient (Wildman–Crippen LogP) is 4.81. The summed E-state index contributed by atoms with van der Waals surface area (Å²) in [6, 6.07) is 15.4. The minimum absolute atomic E-state index is 0.167. The van der Waals surface area contributed by atoms with Crippen molar-refractivity contribution in [2.75, 3.05) is 5.32 Å². The largest absolute Gasteiger partial charge is 0.481 e. The highest BCUT2D eigenvalue weighted by molar-refractivity contribution is 9.10. The first-order chi connectivity index (χ1) is 10.6. The fraction of sp³-hybridized carbons (Fsp3) is 0.278. The Morgan fingerprint density at radius 1 is 1.14 bits per heavy atom. The Morgan fingerprint density at radius 3 is 2.36 bits per heavy atom. The molecule has 0 heterocycles. The molecule has 0 fully saturated rings. The van der Waals surface area contributed by atoms with E-state index in [0.717, 1.165) is 23.0 Å². The van der Waals surface area contributed by atoms with Gasteiger partial charge in [-0.2, -0.15) is 0 Å². The molecule has 22 heavy (non-hydrogen) atoms. The van der Waals surface area contributed by atoms with Crippen LogP contribution in [-0.2, 0) is 11.2 Å². The molecular formula is C18H20BrNO2. The van der Waals surface area contributed by atoms with Crippen molar-refractivity contribution in [1.29, 1.82) is 0 Å². The third-order valence-corrected chi connectivity index (χ3v) is 3.78. The van der Waals surface area contributed by atoms with Crippen LogP contribution in [0.1, 0.15) is 25.8 Å². The summed E-state index contributed by atoms with van der Waals surface area (Å²) in [6.45, 7) is 3.90. The number of aryl methyl sites for hydroxylation is 1. The minimum Gasteiger partial charge on any atom is -0.481 e. The quantitative estimate of drug-likeness (QED) is 0.801. The lowest BCUT2D eigenvalue weighted by molar-refractivity contribution is -0.122. The number of amides is 1. The second-order valence-electron chi connectivity index (χ2n) is 5.15. The molecular weight excluding hydrogens is 342 g/mol. The molecule has 0 spiro atoms. The van der Waals surface area contributed by atoms with E-state index < -0.39 is 6.10 Å². The number of carbonyl (C=O) groups is 1. The summed E-state index contributed by atoms with van der Waals surface area (Å²) in [4.78, 5) is 12.1. The van der Waals surface area contributed by atoms with Gasteiger partial charge in [0.05, 0.1) is 0 Å². The van der Waals surface area contributed by atoms with Crippen LogP contribution in [-0.4, -0.2) is 12.0 Å².